The lowest BCUT2D eigenvalue weighted by atomic mass is 9.99. The number of nitrogens with zero attached hydrogens (tertiary/aromatic N) is 3. The van der Waals surface area contributed by atoms with Crippen LogP contribution in [0.5, 0.6) is 0 Å². The zero-order valence-electron chi connectivity index (χ0n) is 18.1. The topological polar surface area (TPSA) is 58.7 Å². The minimum atomic E-state index is -0.0291. The summed E-state index contributed by atoms with van der Waals surface area (Å²) in [6.07, 6.45) is 0. The van der Waals surface area contributed by atoms with Gasteiger partial charge in [0.05, 0.1) is 29.4 Å². The first-order chi connectivity index (χ1) is 15.6. The molecule has 0 radical (unpaired) electrons. The highest BCUT2D eigenvalue weighted by Gasteiger charge is 2.16. The van der Waals surface area contributed by atoms with E-state index in [-0.39, 0.29) is 5.56 Å². The van der Waals surface area contributed by atoms with Gasteiger partial charge >= 0.3 is 0 Å². The van der Waals surface area contributed by atoms with E-state index in [0.29, 0.717) is 17.7 Å². The van der Waals surface area contributed by atoms with Gasteiger partial charge in [0.2, 0.25) is 0 Å². The number of hydrogen-bond donors (Lipinski definition) is 0. The summed E-state index contributed by atoms with van der Waals surface area (Å²) in [7, 11) is 0. The molecular formula is C27H23N3OS. The van der Waals surface area contributed by atoms with Gasteiger partial charge in [-0.15, -0.1) is 0 Å². The van der Waals surface area contributed by atoms with Gasteiger partial charge in [0.15, 0.2) is 5.16 Å². The van der Waals surface area contributed by atoms with Crippen molar-refractivity contribution in [2.75, 3.05) is 5.75 Å². The zero-order chi connectivity index (χ0) is 22.5. The number of thioether (sulfide) groups is 1. The molecule has 32 heavy (non-hydrogen) atoms. The van der Waals surface area contributed by atoms with E-state index in [4.69, 9.17) is 4.98 Å². The first-order valence-electron chi connectivity index (χ1n) is 10.5. The Morgan fingerprint density at radius 3 is 2.31 bits per heavy atom. The summed E-state index contributed by atoms with van der Waals surface area (Å²) in [6.45, 7) is 4.40. The highest BCUT2D eigenvalue weighted by molar-refractivity contribution is 7.99. The third kappa shape index (κ3) is 4.37. The van der Waals surface area contributed by atoms with Gasteiger partial charge in [-0.25, -0.2) is 4.98 Å². The van der Waals surface area contributed by atoms with Crippen LogP contribution in [0.15, 0.2) is 88.8 Å². The molecule has 4 rings (SSSR count). The van der Waals surface area contributed by atoms with Crippen LogP contribution in [0.3, 0.4) is 0 Å². The number of aromatic nitrogens is 2. The zero-order valence-corrected chi connectivity index (χ0v) is 18.9. The van der Waals surface area contributed by atoms with Gasteiger partial charge < -0.3 is 0 Å². The van der Waals surface area contributed by atoms with Crippen LogP contribution in [-0.4, -0.2) is 15.3 Å². The molecule has 0 amide bonds. The molecule has 0 spiro atoms. The predicted molar refractivity (Wildman–Crippen MR) is 131 cm³/mol. The van der Waals surface area contributed by atoms with Crippen LogP contribution in [0, 0.1) is 18.3 Å². The van der Waals surface area contributed by atoms with Crippen LogP contribution in [0.25, 0.3) is 22.3 Å². The van der Waals surface area contributed by atoms with E-state index in [1.807, 2.05) is 85.8 Å². The van der Waals surface area contributed by atoms with Crippen molar-refractivity contribution in [2.45, 2.75) is 25.5 Å². The molecule has 3 aromatic carbocycles. The van der Waals surface area contributed by atoms with Crippen LogP contribution in [0.4, 0.5) is 0 Å². The molecule has 0 saturated heterocycles. The fraction of sp³-hybridized carbons (Fsp3) is 0.148. The first-order valence-corrected chi connectivity index (χ1v) is 11.5. The summed E-state index contributed by atoms with van der Waals surface area (Å²) in [5.41, 5.74) is 5.78. The smallest absolute Gasteiger partial charge is 0.262 e. The number of benzene rings is 3. The quantitative estimate of drug-likeness (QED) is 0.278. The average Bonchev–Trinajstić information content (AvgIpc) is 2.83. The normalized spacial score (nSPS) is 10.7. The molecule has 0 bridgehead atoms. The van der Waals surface area contributed by atoms with Gasteiger partial charge in [0, 0.05) is 0 Å². The largest absolute Gasteiger partial charge is 0.283 e. The van der Waals surface area contributed by atoms with Crippen LogP contribution < -0.4 is 5.56 Å². The standard InChI is InChI=1S/C27H23N3OS/c1-3-32-27-29-19(2)25(22-9-5-4-6-10-22)26(31)30(27)18-20-13-15-21(16-14-20)24-12-8-7-11-23(24)17-28/h4-16H,3,18H2,1-2H3. The minimum Gasteiger partial charge on any atom is -0.283 e. The molecule has 4 nitrogen and oxygen atoms in total. The second-order valence-electron chi connectivity index (χ2n) is 7.40. The van der Waals surface area contributed by atoms with E-state index in [1.54, 1.807) is 16.3 Å². The fourth-order valence-electron chi connectivity index (χ4n) is 3.76. The van der Waals surface area contributed by atoms with Crippen LogP contribution in [-0.2, 0) is 6.54 Å². The summed E-state index contributed by atoms with van der Waals surface area (Å²) in [5, 5.41) is 10.1. The minimum absolute atomic E-state index is 0.0291. The summed E-state index contributed by atoms with van der Waals surface area (Å²) >= 11 is 1.57. The van der Waals surface area contributed by atoms with Gasteiger partial charge in [0.25, 0.3) is 5.56 Å². The maximum Gasteiger partial charge on any atom is 0.262 e. The van der Waals surface area contributed by atoms with Gasteiger partial charge in [-0.2, -0.15) is 5.26 Å². The van der Waals surface area contributed by atoms with E-state index in [1.165, 1.54) is 0 Å². The van der Waals surface area contributed by atoms with Crippen LogP contribution in [0.2, 0.25) is 0 Å². The van der Waals surface area contributed by atoms with Crippen molar-refractivity contribution in [3.63, 3.8) is 0 Å². The van der Waals surface area contributed by atoms with Crippen molar-refractivity contribution >= 4 is 11.8 Å². The van der Waals surface area contributed by atoms with Gasteiger partial charge in [-0.05, 0) is 41.0 Å². The molecule has 0 N–H and O–H groups in total. The molecule has 0 unspecified atom stereocenters. The molecule has 0 saturated carbocycles. The van der Waals surface area contributed by atoms with E-state index in [0.717, 1.165) is 38.9 Å². The number of aryl methyl sites for hydroxylation is 1. The van der Waals surface area contributed by atoms with Crippen LogP contribution >= 0.6 is 11.8 Å². The lowest BCUT2D eigenvalue weighted by molar-refractivity contribution is 0.641. The van der Waals surface area contributed by atoms with E-state index in [2.05, 4.69) is 13.0 Å². The molecule has 0 atom stereocenters. The molecule has 0 aliphatic heterocycles. The van der Waals surface area contributed by atoms with Crippen molar-refractivity contribution in [2.24, 2.45) is 0 Å². The second kappa shape index (κ2) is 9.67. The molecule has 5 heteroatoms. The monoisotopic (exact) mass is 437 g/mol. The van der Waals surface area contributed by atoms with Crippen LogP contribution in [0.1, 0.15) is 23.7 Å². The summed E-state index contributed by atoms with van der Waals surface area (Å²) in [4.78, 5) is 18.3. The van der Waals surface area contributed by atoms with E-state index in [9.17, 15) is 10.1 Å². The summed E-state index contributed by atoms with van der Waals surface area (Å²) in [5.74, 6) is 0.834. The Labute approximate surface area is 192 Å². The van der Waals surface area contributed by atoms with Crippen molar-refractivity contribution in [3.8, 4) is 28.3 Å². The second-order valence-corrected chi connectivity index (χ2v) is 8.63. The SMILES string of the molecule is CCSc1nc(C)c(-c2ccccc2)c(=O)n1Cc1ccc(-c2ccccc2C#N)cc1. The van der Waals surface area contributed by atoms with Crippen molar-refractivity contribution in [3.05, 3.63) is 106 Å². The average molecular weight is 438 g/mol. The van der Waals surface area contributed by atoms with Crippen molar-refractivity contribution in [1.82, 2.24) is 9.55 Å². The van der Waals surface area contributed by atoms with Gasteiger partial charge in [-0.3, -0.25) is 9.36 Å². The van der Waals surface area contributed by atoms with Crippen molar-refractivity contribution < 1.29 is 0 Å². The van der Waals surface area contributed by atoms with Gasteiger partial charge in [0.1, 0.15) is 0 Å². The highest BCUT2D eigenvalue weighted by Crippen LogP contribution is 2.25. The summed E-state index contributed by atoms with van der Waals surface area (Å²) in [6, 6.07) is 27.6. The highest BCUT2D eigenvalue weighted by atomic mass is 32.2. The third-order valence-electron chi connectivity index (χ3n) is 5.30. The molecular weight excluding hydrogens is 414 g/mol. The molecule has 1 heterocycles. The Bertz CT molecular complexity index is 1340. The molecule has 0 aliphatic rings. The number of hydrogen-bond acceptors (Lipinski definition) is 4. The third-order valence-corrected chi connectivity index (χ3v) is 6.16. The maximum atomic E-state index is 13.5. The maximum absolute atomic E-state index is 13.5. The number of nitriles is 1. The Balaban J connectivity index is 1.74. The molecule has 4 aromatic rings. The van der Waals surface area contributed by atoms with Crippen molar-refractivity contribution in [1.29, 1.82) is 5.26 Å². The van der Waals surface area contributed by atoms with E-state index >= 15 is 0 Å². The lowest BCUT2D eigenvalue weighted by Crippen LogP contribution is -2.26. The predicted octanol–water partition coefficient (Wildman–Crippen LogP) is 5.92. The number of rotatable bonds is 6. The molecule has 1 aromatic heterocycles. The Morgan fingerprint density at radius 2 is 1.62 bits per heavy atom. The summed E-state index contributed by atoms with van der Waals surface area (Å²) < 4.78 is 1.77. The molecule has 158 valence electrons. The van der Waals surface area contributed by atoms with E-state index < -0.39 is 0 Å². The Hall–Kier alpha value is -3.62. The molecule has 0 fully saturated rings. The Kier molecular flexibility index (Phi) is 6.53. The first kappa shape index (κ1) is 21.6. The molecule has 0 aliphatic carbocycles. The fourth-order valence-corrected chi connectivity index (χ4v) is 4.52. The van der Waals surface area contributed by atoms with Gasteiger partial charge in [-0.1, -0.05) is 91.5 Å². The lowest BCUT2D eigenvalue weighted by Gasteiger charge is -2.16. The Morgan fingerprint density at radius 1 is 0.938 bits per heavy atom.